The molecule has 66 valence electrons. The van der Waals surface area contributed by atoms with E-state index in [1.165, 1.54) is 19.3 Å². The van der Waals surface area contributed by atoms with Gasteiger partial charge in [0.05, 0.1) is 0 Å². The summed E-state index contributed by atoms with van der Waals surface area (Å²) < 4.78 is 0. The topological polar surface area (TPSA) is 26.0 Å². The predicted molar refractivity (Wildman–Crippen MR) is 49.3 cm³/mol. The second-order valence-electron chi connectivity index (χ2n) is 4.51. The summed E-state index contributed by atoms with van der Waals surface area (Å²) in [7, 11) is 0. The van der Waals surface area contributed by atoms with Gasteiger partial charge in [-0.15, -0.1) is 0 Å². The lowest BCUT2D eigenvalue weighted by molar-refractivity contribution is 0.455. The Morgan fingerprint density at radius 2 is 1.91 bits per heavy atom. The molecule has 0 bridgehead atoms. The maximum atomic E-state index is 6.02. The first kappa shape index (κ1) is 9.05. The normalized spacial score (nSPS) is 32.5. The van der Waals surface area contributed by atoms with Crippen molar-refractivity contribution in [3.05, 3.63) is 0 Å². The van der Waals surface area contributed by atoms with Crippen molar-refractivity contribution < 1.29 is 0 Å². The molecule has 0 aromatic carbocycles. The summed E-state index contributed by atoms with van der Waals surface area (Å²) in [6.45, 7) is 6.84. The van der Waals surface area contributed by atoms with Crippen LogP contribution in [0.4, 0.5) is 0 Å². The molecule has 1 heteroatoms. The SMILES string of the molecule is CC(C)CCC(N)C1CC1C. The lowest BCUT2D eigenvalue weighted by atomic mass is 10.0. The predicted octanol–water partition coefficient (Wildman–Crippen LogP) is 2.41. The van der Waals surface area contributed by atoms with E-state index in [9.17, 15) is 0 Å². The Balaban J connectivity index is 2.07. The third kappa shape index (κ3) is 2.82. The molecule has 1 fully saturated rings. The van der Waals surface area contributed by atoms with Gasteiger partial charge in [-0.3, -0.25) is 0 Å². The molecule has 0 amide bonds. The summed E-state index contributed by atoms with van der Waals surface area (Å²) in [5, 5.41) is 0. The van der Waals surface area contributed by atoms with Crippen molar-refractivity contribution in [3.63, 3.8) is 0 Å². The largest absolute Gasteiger partial charge is 0.327 e. The van der Waals surface area contributed by atoms with Crippen molar-refractivity contribution in [2.75, 3.05) is 0 Å². The molecule has 0 spiro atoms. The zero-order chi connectivity index (χ0) is 8.43. The van der Waals surface area contributed by atoms with E-state index in [4.69, 9.17) is 5.73 Å². The molecule has 11 heavy (non-hydrogen) atoms. The van der Waals surface area contributed by atoms with E-state index < -0.39 is 0 Å². The first-order chi connectivity index (χ1) is 5.11. The highest BCUT2D eigenvalue weighted by atomic mass is 14.7. The second-order valence-corrected chi connectivity index (χ2v) is 4.51. The molecule has 1 aliphatic rings. The molecule has 1 saturated carbocycles. The van der Waals surface area contributed by atoms with Gasteiger partial charge in [-0.05, 0) is 37.0 Å². The monoisotopic (exact) mass is 155 g/mol. The van der Waals surface area contributed by atoms with Crippen molar-refractivity contribution >= 4 is 0 Å². The molecular weight excluding hydrogens is 134 g/mol. The summed E-state index contributed by atoms with van der Waals surface area (Å²) in [6, 6.07) is 0.493. The molecule has 0 heterocycles. The van der Waals surface area contributed by atoms with Crippen LogP contribution in [0.15, 0.2) is 0 Å². The molecular formula is C10H21N. The van der Waals surface area contributed by atoms with Gasteiger partial charge in [-0.2, -0.15) is 0 Å². The lowest BCUT2D eigenvalue weighted by Crippen LogP contribution is -2.23. The summed E-state index contributed by atoms with van der Waals surface area (Å²) in [4.78, 5) is 0. The zero-order valence-corrected chi connectivity index (χ0v) is 8.01. The molecule has 0 radical (unpaired) electrons. The van der Waals surface area contributed by atoms with E-state index in [2.05, 4.69) is 20.8 Å². The maximum absolute atomic E-state index is 6.02. The lowest BCUT2D eigenvalue weighted by Gasteiger charge is -2.11. The van der Waals surface area contributed by atoms with Crippen molar-refractivity contribution in [1.82, 2.24) is 0 Å². The van der Waals surface area contributed by atoms with Crippen LogP contribution in [0.5, 0.6) is 0 Å². The fourth-order valence-corrected chi connectivity index (χ4v) is 1.69. The summed E-state index contributed by atoms with van der Waals surface area (Å²) in [6.07, 6.45) is 3.90. The first-order valence-electron chi connectivity index (χ1n) is 4.87. The summed E-state index contributed by atoms with van der Waals surface area (Å²) in [5.41, 5.74) is 6.02. The molecule has 1 nitrogen and oxygen atoms in total. The first-order valence-corrected chi connectivity index (χ1v) is 4.87. The van der Waals surface area contributed by atoms with Crippen LogP contribution in [0, 0.1) is 17.8 Å². The van der Waals surface area contributed by atoms with Crippen LogP contribution in [0.2, 0.25) is 0 Å². The van der Waals surface area contributed by atoms with Crippen LogP contribution in [-0.2, 0) is 0 Å². The minimum Gasteiger partial charge on any atom is -0.327 e. The highest BCUT2D eigenvalue weighted by Crippen LogP contribution is 2.41. The highest BCUT2D eigenvalue weighted by molar-refractivity contribution is 4.90. The van der Waals surface area contributed by atoms with E-state index >= 15 is 0 Å². The molecule has 0 aromatic rings. The summed E-state index contributed by atoms with van der Waals surface area (Å²) >= 11 is 0. The summed E-state index contributed by atoms with van der Waals surface area (Å²) in [5.74, 6) is 2.58. The Morgan fingerprint density at radius 3 is 2.27 bits per heavy atom. The van der Waals surface area contributed by atoms with Gasteiger partial charge in [0.2, 0.25) is 0 Å². The molecule has 0 aromatic heterocycles. The smallest absolute Gasteiger partial charge is 0.00699 e. The third-order valence-electron chi connectivity index (χ3n) is 2.80. The van der Waals surface area contributed by atoms with Gasteiger partial charge in [0.15, 0.2) is 0 Å². The average molecular weight is 155 g/mol. The Kier molecular flexibility index (Phi) is 2.94. The Hall–Kier alpha value is -0.0400. The van der Waals surface area contributed by atoms with E-state index in [1.54, 1.807) is 0 Å². The minimum absolute atomic E-state index is 0.493. The average Bonchev–Trinajstić information content (AvgIpc) is 2.61. The van der Waals surface area contributed by atoms with Crippen LogP contribution in [0.3, 0.4) is 0 Å². The number of hydrogen-bond donors (Lipinski definition) is 1. The van der Waals surface area contributed by atoms with Gasteiger partial charge in [0.25, 0.3) is 0 Å². The van der Waals surface area contributed by atoms with Crippen molar-refractivity contribution in [1.29, 1.82) is 0 Å². The minimum atomic E-state index is 0.493. The van der Waals surface area contributed by atoms with Crippen LogP contribution in [0.25, 0.3) is 0 Å². The fraction of sp³-hybridized carbons (Fsp3) is 1.00. The third-order valence-corrected chi connectivity index (χ3v) is 2.80. The highest BCUT2D eigenvalue weighted by Gasteiger charge is 2.37. The van der Waals surface area contributed by atoms with Gasteiger partial charge >= 0.3 is 0 Å². The fourth-order valence-electron chi connectivity index (χ4n) is 1.69. The van der Waals surface area contributed by atoms with Gasteiger partial charge in [0.1, 0.15) is 0 Å². The number of hydrogen-bond acceptors (Lipinski definition) is 1. The van der Waals surface area contributed by atoms with Crippen molar-refractivity contribution in [3.8, 4) is 0 Å². The van der Waals surface area contributed by atoms with Crippen molar-refractivity contribution in [2.45, 2.75) is 46.1 Å². The Morgan fingerprint density at radius 1 is 1.36 bits per heavy atom. The van der Waals surface area contributed by atoms with Crippen LogP contribution in [-0.4, -0.2) is 6.04 Å². The van der Waals surface area contributed by atoms with Crippen molar-refractivity contribution in [2.24, 2.45) is 23.5 Å². The molecule has 2 N–H and O–H groups in total. The maximum Gasteiger partial charge on any atom is 0.00699 e. The van der Waals surface area contributed by atoms with Gasteiger partial charge < -0.3 is 5.73 Å². The van der Waals surface area contributed by atoms with Gasteiger partial charge in [-0.1, -0.05) is 20.8 Å². The quantitative estimate of drug-likeness (QED) is 0.663. The second kappa shape index (κ2) is 3.57. The molecule has 0 aliphatic heterocycles. The molecule has 1 aliphatic carbocycles. The van der Waals surface area contributed by atoms with E-state index in [-0.39, 0.29) is 0 Å². The van der Waals surface area contributed by atoms with Crippen LogP contribution in [0.1, 0.15) is 40.0 Å². The standard InChI is InChI=1S/C10H21N/c1-7(2)4-5-10(11)9-6-8(9)3/h7-10H,4-6,11H2,1-3H3. The Bertz CT molecular complexity index is 120. The van der Waals surface area contributed by atoms with Crippen LogP contribution < -0.4 is 5.73 Å². The number of rotatable bonds is 4. The zero-order valence-electron chi connectivity index (χ0n) is 8.01. The van der Waals surface area contributed by atoms with Gasteiger partial charge in [0, 0.05) is 6.04 Å². The Labute approximate surface area is 70.4 Å². The molecule has 0 saturated heterocycles. The molecule has 3 atom stereocenters. The van der Waals surface area contributed by atoms with E-state index in [1.807, 2.05) is 0 Å². The van der Waals surface area contributed by atoms with Gasteiger partial charge in [-0.25, -0.2) is 0 Å². The molecule has 1 rings (SSSR count). The van der Waals surface area contributed by atoms with Crippen LogP contribution >= 0.6 is 0 Å². The van der Waals surface area contributed by atoms with E-state index in [0.717, 1.165) is 17.8 Å². The molecule has 3 unspecified atom stereocenters. The van der Waals surface area contributed by atoms with E-state index in [0.29, 0.717) is 6.04 Å². The number of nitrogens with two attached hydrogens (primary N) is 1.